The molecule has 27 heavy (non-hydrogen) atoms. The number of aromatic nitrogens is 2. The van der Waals surface area contributed by atoms with Gasteiger partial charge in [0.05, 0.1) is 28.2 Å². The Bertz CT molecular complexity index is 1000. The molecule has 0 fully saturated rings. The third-order valence-electron chi connectivity index (χ3n) is 3.53. The fourth-order valence-electron chi connectivity index (χ4n) is 2.24. The summed E-state index contributed by atoms with van der Waals surface area (Å²) < 4.78 is 15.4. The maximum absolute atomic E-state index is 12.1. The fraction of sp³-hybridized carbons (Fsp3) is 0.118. The van der Waals surface area contributed by atoms with Crippen LogP contribution in [0.15, 0.2) is 47.0 Å². The summed E-state index contributed by atoms with van der Waals surface area (Å²) in [7, 11) is 1.52. The van der Waals surface area contributed by atoms with E-state index >= 15 is 0 Å². The van der Waals surface area contributed by atoms with Crippen LogP contribution in [0.4, 0.5) is 5.69 Å². The van der Waals surface area contributed by atoms with Gasteiger partial charge in [-0.25, -0.2) is 4.79 Å². The SMILES string of the molecule is COc1ccccc1-c1noc(COC(=O)c2ccc([N+](=O)[O-])cc2Cl)n1. The Labute approximate surface area is 157 Å². The van der Waals surface area contributed by atoms with Gasteiger partial charge in [0.1, 0.15) is 5.75 Å². The maximum Gasteiger partial charge on any atom is 0.340 e. The van der Waals surface area contributed by atoms with Crippen LogP contribution in [0, 0.1) is 10.1 Å². The number of esters is 1. The molecule has 0 aliphatic heterocycles. The van der Waals surface area contributed by atoms with Crippen molar-refractivity contribution in [2.45, 2.75) is 6.61 Å². The van der Waals surface area contributed by atoms with Gasteiger partial charge in [-0.2, -0.15) is 4.98 Å². The number of ether oxygens (including phenoxy) is 2. The van der Waals surface area contributed by atoms with E-state index in [1.807, 2.05) is 0 Å². The van der Waals surface area contributed by atoms with Crippen molar-refractivity contribution in [3.8, 4) is 17.1 Å². The number of non-ortho nitro benzene ring substituents is 1. The predicted molar refractivity (Wildman–Crippen MR) is 93.5 cm³/mol. The van der Waals surface area contributed by atoms with Gasteiger partial charge in [0.25, 0.3) is 11.6 Å². The summed E-state index contributed by atoms with van der Waals surface area (Å²) in [5.74, 6) is 0.153. The largest absolute Gasteiger partial charge is 0.496 e. The monoisotopic (exact) mass is 389 g/mol. The fourth-order valence-corrected chi connectivity index (χ4v) is 2.49. The molecule has 9 nitrogen and oxygen atoms in total. The van der Waals surface area contributed by atoms with Crippen molar-refractivity contribution in [2.75, 3.05) is 7.11 Å². The number of para-hydroxylation sites is 1. The second-order valence-electron chi connectivity index (χ2n) is 5.21. The van der Waals surface area contributed by atoms with Crippen LogP contribution in [-0.4, -0.2) is 28.1 Å². The minimum absolute atomic E-state index is 0.00765. The lowest BCUT2D eigenvalue weighted by atomic mass is 10.2. The van der Waals surface area contributed by atoms with E-state index in [1.165, 1.54) is 13.2 Å². The molecule has 0 N–H and O–H groups in total. The predicted octanol–water partition coefficient (Wildman–Crippen LogP) is 3.66. The first-order valence-electron chi connectivity index (χ1n) is 7.56. The maximum atomic E-state index is 12.1. The van der Waals surface area contributed by atoms with Crippen molar-refractivity contribution in [1.29, 1.82) is 0 Å². The highest BCUT2D eigenvalue weighted by molar-refractivity contribution is 6.33. The van der Waals surface area contributed by atoms with E-state index < -0.39 is 10.9 Å². The van der Waals surface area contributed by atoms with Crippen molar-refractivity contribution in [1.82, 2.24) is 10.1 Å². The Morgan fingerprint density at radius 1 is 1.30 bits per heavy atom. The number of hydrogen-bond acceptors (Lipinski definition) is 8. The number of nitro groups is 1. The number of carbonyl (C=O) groups excluding carboxylic acids is 1. The van der Waals surface area contributed by atoms with Crippen LogP contribution in [-0.2, 0) is 11.3 Å². The topological polar surface area (TPSA) is 118 Å². The molecule has 3 aromatic rings. The molecule has 10 heteroatoms. The zero-order valence-electron chi connectivity index (χ0n) is 13.9. The van der Waals surface area contributed by atoms with E-state index in [0.717, 1.165) is 12.1 Å². The van der Waals surface area contributed by atoms with Crippen LogP contribution >= 0.6 is 11.6 Å². The molecule has 1 heterocycles. The van der Waals surface area contributed by atoms with Gasteiger partial charge in [-0.05, 0) is 18.2 Å². The second-order valence-corrected chi connectivity index (χ2v) is 5.62. The van der Waals surface area contributed by atoms with Crippen LogP contribution in [0.3, 0.4) is 0 Å². The van der Waals surface area contributed by atoms with Gasteiger partial charge in [0, 0.05) is 12.1 Å². The summed E-state index contributed by atoms with van der Waals surface area (Å²) in [6, 6.07) is 10.6. The van der Waals surface area contributed by atoms with Crippen molar-refractivity contribution in [2.24, 2.45) is 0 Å². The normalized spacial score (nSPS) is 10.4. The minimum atomic E-state index is -0.771. The van der Waals surface area contributed by atoms with E-state index in [1.54, 1.807) is 24.3 Å². The average molecular weight is 390 g/mol. The number of nitro benzene ring substituents is 1. The van der Waals surface area contributed by atoms with Crippen molar-refractivity contribution in [3.05, 3.63) is 69.1 Å². The highest BCUT2D eigenvalue weighted by Crippen LogP contribution is 2.27. The van der Waals surface area contributed by atoms with Crippen LogP contribution in [0.5, 0.6) is 5.75 Å². The Morgan fingerprint density at radius 3 is 2.78 bits per heavy atom. The molecule has 0 radical (unpaired) electrons. The van der Waals surface area contributed by atoms with Crippen LogP contribution in [0.2, 0.25) is 5.02 Å². The van der Waals surface area contributed by atoms with Crippen LogP contribution in [0.25, 0.3) is 11.4 Å². The van der Waals surface area contributed by atoms with Crippen molar-refractivity contribution < 1.29 is 23.7 Å². The Hall–Kier alpha value is -3.46. The van der Waals surface area contributed by atoms with Gasteiger partial charge in [0.15, 0.2) is 6.61 Å². The van der Waals surface area contributed by atoms with Gasteiger partial charge < -0.3 is 14.0 Å². The highest BCUT2D eigenvalue weighted by atomic mass is 35.5. The molecule has 0 unspecified atom stereocenters. The molecule has 0 saturated heterocycles. The number of rotatable bonds is 6. The lowest BCUT2D eigenvalue weighted by Crippen LogP contribution is -2.06. The molecule has 0 saturated carbocycles. The number of methoxy groups -OCH3 is 1. The number of benzene rings is 2. The summed E-state index contributed by atoms with van der Waals surface area (Å²) in [5.41, 5.74) is 0.390. The quantitative estimate of drug-likeness (QED) is 0.356. The molecular weight excluding hydrogens is 378 g/mol. The number of nitrogens with zero attached hydrogens (tertiary/aromatic N) is 3. The first-order chi connectivity index (χ1) is 13.0. The number of hydrogen-bond donors (Lipinski definition) is 0. The molecule has 3 rings (SSSR count). The van der Waals surface area contributed by atoms with Crippen LogP contribution in [0.1, 0.15) is 16.2 Å². The lowest BCUT2D eigenvalue weighted by molar-refractivity contribution is -0.384. The van der Waals surface area contributed by atoms with E-state index in [-0.39, 0.29) is 34.6 Å². The zero-order valence-corrected chi connectivity index (χ0v) is 14.7. The highest BCUT2D eigenvalue weighted by Gasteiger charge is 2.18. The van der Waals surface area contributed by atoms with Gasteiger partial charge in [-0.3, -0.25) is 10.1 Å². The summed E-state index contributed by atoms with van der Waals surface area (Å²) in [6.45, 7) is -0.283. The molecule has 138 valence electrons. The molecule has 0 bridgehead atoms. The van der Waals surface area contributed by atoms with Gasteiger partial charge in [-0.1, -0.05) is 28.9 Å². The molecule has 1 aromatic heterocycles. The van der Waals surface area contributed by atoms with Gasteiger partial charge in [-0.15, -0.1) is 0 Å². The average Bonchev–Trinajstić information content (AvgIpc) is 3.14. The van der Waals surface area contributed by atoms with E-state index in [2.05, 4.69) is 10.1 Å². The number of carbonyl (C=O) groups is 1. The third kappa shape index (κ3) is 4.04. The molecule has 0 amide bonds. The molecular formula is C17H12ClN3O6. The Morgan fingerprint density at radius 2 is 2.07 bits per heavy atom. The summed E-state index contributed by atoms with van der Waals surface area (Å²) >= 11 is 5.90. The first kappa shape index (κ1) is 18.3. The number of halogens is 1. The summed E-state index contributed by atoms with van der Waals surface area (Å²) in [5, 5.41) is 14.5. The standard InChI is InChI=1S/C17H12ClN3O6/c1-25-14-5-3-2-4-12(14)16-19-15(27-20-16)9-26-17(22)11-7-6-10(21(23)24)8-13(11)18/h2-8H,9H2,1H3. The lowest BCUT2D eigenvalue weighted by Gasteiger charge is -2.04. The molecule has 2 aromatic carbocycles. The van der Waals surface area contributed by atoms with Crippen LogP contribution < -0.4 is 4.74 Å². The third-order valence-corrected chi connectivity index (χ3v) is 3.84. The zero-order chi connectivity index (χ0) is 19.4. The minimum Gasteiger partial charge on any atom is -0.496 e. The van der Waals surface area contributed by atoms with E-state index in [4.69, 9.17) is 25.6 Å². The smallest absolute Gasteiger partial charge is 0.340 e. The van der Waals surface area contributed by atoms with E-state index in [9.17, 15) is 14.9 Å². The summed E-state index contributed by atoms with van der Waals surface area (Å²) in [6.07, 6.45) is 0. The van der Waals surface area contributed by atoms with Crippen molar-refractivity contribution in [3.63, 3.8) is 0 Å². The molecule has 0 aliphatic carbocycles. The second kappa shape index (κ2) is 7.83. The van der Waals surface area contributed by atoms with Gasteiger partial charge >= 0.3 is 5.97 Å². The Kier molecular flexibility index (Phi) is 5.32. The molecule has 0 atom stereocenters. The summed E-state index contributed by atoms with van der Waals surface area (Å²) in [4.78, 5) is 26.4. The van der Waals surface area contributed by atoms with E-state index in [0.29, 0.717) is 11.3 Å². The molecule has 0 spiro atoms. The van der Waals surface area contributed by atoms with Gasteiger partial charge in [0.2, 0.25) is 5.82 Å². The Balaban J connectivity index is 1.70. The van der Waals surface area contributed by atoms with Crippen molar-refractivity contribution >= 4 is 23.3 Å². The molecule has 0 aliphatic rings. The first-order valence-corrected chi connectivity index (χ1v) is 7.94.